The average molecular weight is 350 g/mol. The first-order valence-corrected chi connectivity index (χ1v) is 8.82. The van der Waals surface area contributed by atoms with Crippen LogP contribution < -0.4 is 4.90 Å². The molecular weight excluding hydrogens is 330 g/mol. The van der Waals surface area contributed by atoms with Crippen LogP contribution in [0.3, 0.4) is 0 Å². The lowest BCUT2D eigenvalue weighted by Crippen LogP contribution is -3.14. The van der Waals surface area contributed by atoms with Crippen molar-refractivity contribution in [2.45, 2.75) is 5.16 Å². The minimum Gasteiger partial charge on any atom is -0.370 e. The molecule has 1 aliphatic rings. The van der Waals surface area contributed by atoms with E-state index in [2.05, 4.69) is 10.2 Å². The molecule has 1 aromatic carbocycles. The third kappa shape index (κ3) is 3.92. The number of nitro groups is 1. The Morgan fingerprint density at radius 3 is 2.67 bits per heavy atom. The van der Waals surface area contributed by atoms with Crippen molar-refractivity contribution in [2.24, 2.45) is 7.05 Å². The molecule has 24 heavy (non-hydrogen) atoms. The minimum atomic E-state index is -0.407. The predicted octanol–water partition coefficient (Wildman–Crippen LogP) is 0.398. The third-order valence-electron chi connectivity index (χ3n) is 4.06. The van der Waals surface area contributed by atoms with E-state index in [1.807, 2.05) is 11.6 Å². The number of nitrogens with zero attached hydrogens (tertiary/aromatic N) is 4. The normalized spacial score (nSPS) is 15.5. The smallest absolute Gasteiger partial charge is 0.269 e. The monoisotopic (exact) mass is 350 g/mol. The molecule has 1 aromatic heterocycles. The highest BCUT2D eigenvalue weighted by Gasteiger charge is 2.16. The number of non-ortho nitro benzene ring substituents is 1. The Morgan fingerprint density at radius 1 is 1.29 bits per heavy atom. The summed E-state index contributed by atoms with van der Waals surface area (Å²) >= 11 is 1.68. The SMILES string of the molecule is Cn1c(SCC[NH+]2CCOCC2)nnc1-c1ccc([N+](=O)[O-])cc1. The summed E-state index contributed by atoms with van der Waals surface area (Å²) in [5, 5.41) is 20.0. The Bertz CT molecular complexity index is 698. The second kappa shape index (κ2) is 7.73. The molecule has 128 valence electrons. The van der Waals surface area contributed by atoms with E-state index in [0.29, 0.717) is 5.82 Å². The molecule has 2 heterocycles. The summed E-state index contributed by atoms with van der Waals surface area (Å²) in [5.74, 6) is 1.69. The summed E-state index contributed by atoms with van der Waals surface area (Å²) < 4.78 is 7.29. The number of quaternary nitrogens is 1. The lowest BCUT2D eigenvalue weighted by Gasteiger charge is -2.23. The molecule has 0 bridgehead atoms. The number of nitro benzene ring substituents is 1. The van der Waals surface area contributed by atoms with Crippen LogP contribution in [0.15, 0.2) is 29.4 Å². The molecule has 9 heteroatoms. The van der Waals surface area contributed by atoms with Crippen LogP contribution in [0.4, 0.5) is 5.69 Å². The fourth-order valence-corrected chi connectivity index (χ4v) is 3.57. The summed E-state index contributed by atoms with van der Waals surface area (Å²) in [7, 11) is 1.92. The van der Waals surface area contributed by atoms with Gasteiger partial charge in [-0.2, -0.15) is 0 Å². The minimum absolute atomic E-state index is 0.0732. The molecule has 0 atom stereocenters. The van der Waals surface area contributed by atoms with Gasteiger partial charge in [0.15, 0.2) is 11.0 Å². The zero-order chi connectivity index (χ0) is 16.9. The first-order valence-electron chi connectivity index (χ1n) is 7.83. The molecule has 1 saturated heterocycles. The first-order chi connectivity index (χ1) is 11.6. The van der Waals surface area contributed by atoms with Gasteiger partial charge in [-0.05, 0) is 12.1 Å². The maximum absolute atomic E-state index is 10.7. The summed E-state index contributed by atoms with van der Waals surface area (Å²) in [5.41, 5.74) is 0.894. The largest absolute Gasteiger partial charge is 0.370 e. The second-order valence-corrected chi connectivity index (χ2v) is 6.69. The van der Waals surface area contributed by atoms with E-state index < -0.39 is 4.92 Å². The maximum Gasteiger partial charge on any atom is 0.269 e. The van der Waals surface area contributed by atoms with Crippen molar-refractivity contribution in [3.63, 3.8) is 0 Å². The molecule has 1 fully saturated rings. The summed E-state index contributed by atoms with van der Waals surface area (Å²) in [4.78, 5) is 11.9. The van der Waals surface area contributed by atoms with Crippen molar-refractivity contribution < 1.29 is 14.6 Å². The van der Waals surface area contributed by atoms with Crippen LogP contribution >= 0.6 is 11.8 Å². The molecule has 1 N–H and O–H groups in total. The van der Waals surface area contributed by atoms with Gasteiger partial charge >= 0.3 is 0 Å². The molecule has 8 nitrogen and oxygen atoms in total. The molecule has 0 amide bonds. The number of ether oxygens (including phenoxy) is 1. The van der Waals surface area contributed by atoms with Gasteiger partial charge in [0.25, 0.3) is 5.69 Å². The fraction of sp³-hybridized carbons (Fsp3) is 0.467. The van der Waals surface area contributed by atoms with E-state index in [4.69, 9.17) is 4.74 Å². The highest BCUT2D eigenvalue weighted by molar-refractivity contribution is 7.99. The van der Waals surface area contributed by atoms with Gasteiger partial charge in [-0.3, -0.25) is 10.1 Å². The van der Waals surface area contributed by atoms with Gasteiger partial charge in [-0.25, -0.2) is 0 Å². The lowest BCUT2D eigenvalue weighted by atomic mass is 10.2. The van der Waals surface area contributed by atoms with Gasteiger partial charge in [0.05, 0.1) is 30.4 Å². The lowest BCUT2D eigenvalue weighted by molar-refractivity contribution is -0.905. The Morgan fingerprint density at radius 2 is 2.00 bits per heavy atom. The Kier molecular flexibility index (Phi) is 5.44. The van der Waals surface area contributed by atoms with Crippen LogP contribution in [0.5, 0.6) is 0 Å². The van der Waals surface area contributed by atoms with Crippen LogP contribution in [0.2, 0.25) is 0 Å². The van der Waals surface area contributed by atoms with Gasteiger partial charge in [-0.1, -0.05) is 11.8 Å². The number of morpholine rings is 1. The van der Waals surface area contributed by atoms with Crippen molar-refractivity contribution in [3.8, 4) is 11.4 Å². The number of hydrogen-bond acceptors (Lipinski definition) is 6. The molecule has 0 spiro atoms. The van der Waals surface area contributed by atoms with E-state index in [-0.39, 0.29) is 5.69 Å². The number of thioether (sulfide) groups is 1. The summed E-state index contributed by atoms with van der Waals surface area (Å²) in [6, 6.07) is 6.38. The number of nitrogens with one attached hydrogen (secondary N) is 1. The highest BCUT2D eigenvalue weighted by atomic mass is 32.2. The second-order valence-electron chi connectivity index (χ2n) is 5.63. The fourth-order valence-electron chi connectivity index (χ4n) is 2.62. The number of aromatic nitrogens is 3. The van der Waals surface area contributed by atoms with Crippen LogP contribution in [-0.2, 0) is 11.8 Å². The highest BCUT2D eigenvalue weighted by Crippen LogP contribution is 2.24. The van der Waals surface area contributed by atoms with E-state index in [9.17, 15) is 10.1 Å². The standard InChI is InChI=1S/C15H19N5O3S/c1-18-14(12-2-4-13(5-3-12)20(21)22)16-17-15(18)24-11-8-19-6-9-23-10-7-19/h2-5H,6-11H2,1H3/p+1. The quantitative estimate of drug-likeness (QED) is 0.461. The van der Waals surface area contributed by atoms with Crippen molar-refractivity contribution in [1.82, 2.24) is 14.8 Å². The molecule has 0 saturated carbocycles. The van der Waals surface area contributed by atoms with E-state index >= 15 is 0 Å². The zero-order valence-corrected chi connectivity index (χ0v) is 14.3. The van der Waals surface area contributed by atoms with Gasteiger partial charge in [0, 0.05) is 24.7 Å². The van der Waals surface area contributed by atoms with Crippen molar-refractivity contribution >= 4 is 17.4 Å². The van der Waals surface area contributed by atoms with Crippen molar-refractivity contribution in [2.75, 3.05) is 38.6 Å². The summed E-state index contributed by atoms with van der Waals surface area (Å²) in [6.45, 7) is 4.89. The molecule has 2 aromatic rings. The Labute approximate surface area is 144 Å². The predicted molar refractivity (Wildman–Crippen MR) is 90.2 cm³/mol. The van der Waals surface area contributed by atoms with E-state index in [1.54, 1.807) is 28.8 Å². The van der Waals surface area contributed by atoms with Gasteiger partial charge < -0.3 is 14.2 Å². The molecule has 1 aliphatic heterocycles. The Hall–Kier alpha value is -1.97. The molecule has 0 unspecified atom stereocenters. The van der Waals surface area contributed by atoms with Crippen molar-refractivity contribution in [3.05, 3.63) is 34.4 Å². The maximum atomic E-state index is 10.7. The van der Waals surface area contributed by atoms with Crippen LogP contribution in [-0.4, -0.2) is 58.3 Å². The van der Waals surface area contributed by atoms with Crippen LogP contribution in [0, 0.1) is 10.1 Å². The van der Waals surface area contributed by atoms with Gasteiger partial charge in [0.1, 0.15) is 13.1 Å². The zero-order valence-electron chi connectivity index (χ0n) is 13.5. The molecule has 0 aliphatic carbocycles. The number of hydrogen-bond donors (Lipinski definition) is 1. The third-order valence-corrected chi connectivity index (χ3v) is 5.08. The Balaban J connectivity index is 1.61. The van der Waals surface area contributed by atoms with Gasteiger partial charge in [0.2, 0.25) is 0 Å². The molecule has 3 rings (SSSR count). The van der Waals surface area contributed by atoms with Crippen LogP contribution in [0.25, 0.3) is 11.4 Å². The summed E-state index contributed by atoms with van der Waals surface area (Å²) in [6.07, 6.45) is 0. The first kappa shape index (κ1) is 16.9. The topological polar surface area (TPSA) is 87.5 Å². The molecular formula is C15H20N5O3S+. The van der Waals surface area contributed by atoms with Crippen molar-refractivity contribution in [1.29, 1.82) is 0 Å². The molecule has 0 radical (unpaired) electrons. The number of rotatable bonds is 6. The van der Waals surface area contributed by atoms with Gasteiger partial charge in [-0.15, -0.1) is 10.2 Å². The van der Waals surface area contributed by atoms with E-state index in [0.717, 1.165) is 49.3 Å². The van der Waals surface area contributed by atoms with Crippen LogP contribution in [0.1, 0.15) is 0 Å². The number of benzene rings is 1. The van der Waals surface area contributed by atoms with E-state index in [1.165, 1.54) is 12.1 Å². The average Bonchev–Trinajstić information content (AvgIpc) is 2.97.